The molecule has 0 saturated heterocycles. The Balaban J connectivity index is 3.19. The minimum Gasteiger partial charge on any atom is -0.428 e. The van der Waals surface area contributed by atoms with E-state index in [0.717, 1.165) is 0 Å². The largest absolute Gasteiger partial charge is 0.428 e. The molecule has 1 aliphatic heterocycles. The molecular formula is C11H20ClO6PSi. The fourth-order valence-electron chi connectivity index (χ4n) is 1.58. The third-order valence-electron chi connectivity index (χ3n) is 2.20. The van der Waals surface area contributed by atoms with Crippen molar-refractivity contribution in [2.45, 2.75) is 39.8 Å². The molecule has 9 heteroatoms. The first-order valence-electron chi connectivity index (χ1n) is 6.32. The molecule has 0 aromatic rings. The van der Waals surface area contributed by atoms with Crippen LogP contribution in [0.1, 0.15) is 13.8 Å². The maximum Gasteiger partial charge on any atom is 0.365 e. The van der Waals surface area contributed by atoms with Gasteiger partial charge in [0.2, 0.25) is 6.29 Å². The molecule has 0 fully saturated rings. The molecule has 0 saturated carbocycles. The molecule has 0 aliphatic carbocycles. The van der Waals surface area contributed by atoms with Crippen LogP contribution in [0.5, 0.6) is 0 Å². The van der Waals surface area contributed by atoms with Crippen LogP contribution in [0.15, 0.2) is 10.3 Å². The van der Waals surface area contributed by atoms with E-state index in [0.29, 0.717) is 0 Å². The van der Waals surface area contributed by atoms with Crippen molar-refractivity contribution in [3.63, 3.8) is 0 Å². The Morgan fingerprint density at radius 3 is 2.15 bits per heavy atom. The average Bonchev–Trinajstić information content (AvgIpc) is 2.52. The molecule has 1 rings (SSSR count). The van der Waals surface area contributed by atoms with Crippen LogP contribution in [-0.4, -0.2) is 33.8 Å². The highest BCUT2D eigenvalue weighted by Gasteiger charge is 2.48. The highest BCUT2D eigenvalue weighted by atomic mass is 35.5. The second-order valence-corrected chi connectivity index (χ2v) is 11.8. The average molecular weight is 343 g/mol. The highest BCUT2D eigenvalue weighted by Crippen LogP contribution is 2.61. The third-order valence-corrected chi connectivity index (χ3v) is 5.83. The summed E-state index contributed by atoms with van der Waals surface area (Å²) in [5.41, 5.74) is 0. The molecule has 0 spiro atoms. The minimum absolute atomic E-state index is 0.0321. The van der Waals surface area contributed by atoms with Crippen molar-refractivity contribution in [1.82, 2.24) is 0 Å². The topological polar surface area (TPSA) is 71.1 Å². The zero-order chi connectivity index (χ0) is 15.6. The van der Waals surface area contributed by atoms with Crippen molar-refractivity contribution in [3.8, 4) is 0 Å². The van der Waals surface area contributed by atoms with E-state index in [4.69, 9.17) is 29.8 Å². The van der Waals surface area contributed by atoms with Gasteiger partial charge in [0.25, 0.3) is 0 Å². The lowest BCUT2D eigenvalue weighted by atomic mass is 10.5. The molecule has 116 valence electrons. The Morgan fingerprint density at radius 1 is 1.25 bits per heavy atom. The lowest BCUT2D eigenvalue weighted by molar-refractivity contribution is -0.149. The summed E-state index contributed by atoms with van der Waals surface area (Å²) in [6.07, 6.45) is -1.11. The van der Waals surface area contributed by atoms with E-state index in [2.05, 4.69) is 0 Å². The van der Waals surface area contributed by atoms with Gasteiger partial charge in [-0.25, -0.2) is 4.79 Å². The predicted octanol–water partition coefficient (Wildman–Crippen LogP) is 3.44. The maximum atomic E-state index is 12.8. The number of esters is 1. The Labute approximate surface area is 125 Å². The zero-order valence-electron chi connectivity index (χ0n) is 12.3. The van der Waals surface area contributed by atoms with E-state index in [9.17, 15) is 9.36 Å². The quantitative estimate of drug-likeness (QED) is 0.401. The number of carbonyl (C=O) groups is 1. The molecule has 0 aromatic heterocycles. The van der Waals surface area contributed by atoms with Crippen molar-refractivity contribution >= 4 is 33.5 Å². The van der Waals surface area contributed by atoms with Crippen molar-refractivity contribution in [1.29, 1.82) is 0 Å². The molecule has 0 N–H and O–H groups in total. The van der Waals surface area contributed by atoms with Crippen LogP contribution in [0, 0.1) is 0 Å². The van der Waals surface area contributed by atoms with Crippen molar-refractivity contribution in [2.24, 2.45) is 0 Å². The number of carbonyl (C=O) groups excluding carboxylic acids is 1. The van der Waals surface area contributed by atoms with Gasteiger partial charge in [0, 0.05) is 0 Å². The summed E-state index contributed by atoms with van der Waals surface area (Å²) in [4.78, 5) is 11.6. The Bertz CT molecular complexity index is 448. The monoisotopic (exact) mass is 342 g/mol. The van der Waals surface area contributed by atoms with Gasteiger partial charge in [-0.05, 0) is 33.5 Å². The van der Waals surface area contributed by atoms with Crippen molar-refractivity contribution in [2.75, 3.05) is 13.2 Å². The van der Waals surface area contributed by atoms with Crippen LogP contribution < -0.4 is 0 Å². The summed E-state index contributed by atoms with van der Waals surface area (Å²) in [6.45, 7) is 9.39. The van der Waals surface area contributed by atoms with Crippen LogP contribution in [0.3, 0.4) is 0 Å². The molecule has 1 atom stereocenters. The number of cyclic esters (lactones) is 1. The van der Waals surface area contributed by atoms with Gasteiger partial charge >= 0.3 is 13.6 Å². The van der Waals surface area contributed by atoms with Gasteiger partial charge in [-0.1, -0.05) is 11.6 Å². The molecule has 0 amide bonds. The van der Waals surface area contributed by atoms with Crippen LogP contribution in [0.4, 0.5) is 0 Å². The molecule has 0 radical (unpaired) electrons. The number of halogens is 1. The smallest absolute Gasteiger partial charge is 0.365 e. The molecule has 20 heavy (non-hydrogen) atoms. The molecule has 6 nitrogen and oxygen atoms in total. The first-order valence-corrected chi connectivity index (χ1v) is 11.7. The molecule has 0 bridgehead atoms. The summed E-state index contributed by atoms with van der Waals surface area (Å²) in [5.74, 6) is -0.774. The SMILES string of the molecule is CCOP(=O)(OCC)C1=C(Cl)C(=O)OC1O[Si](C)(C)C. The van der Waals surface area contributed by atoms with E-state index >= 15 is 0 Å². The summed E-state index contributed by atoms with van der Waals surface area (Å²) in [6, 6.07) is 0. The third kappa shape index (κ3) is 4.16. The van der Waals surface area contributed by atoms with E-state index in [-0.39, 0.29) is 23.6 Å². The first-order chi connectivity index (χ1) is 9.14. The summed E-state index contributed by atoms with van der Waals surface area (Å²) >= 11 is 5.92. The molecule has 1 unspecified atom stereocenters. The second-order valence-electron chi connectivity index (χ2n) is 5.00. The number of hydrogen-bond donors (Lipinski definition) is 0. The Kier molecular flexibility index (Phi) is 6.01. The lowest BCUT2D eigenvalue weighted by Crippen LogP contribution is -2.33. The van der Waals surface area contributed by atoms with E-state index in [1.807, 2.05) is 19.6 Å². The fourth-order valence-corrected chi connectivity index (χ4v) is 4.66. The molecule has 1 aliphatic rings. The van der Waals surface area contributed by atoms with Crippen molar-refractivity contribution < 1.29 is 27.6 Å². The summed E-state index contributed by atoms with van der Waals surface area (Å²) < 4.78 is 34.0. The van der Waals surface area contributed by atoms with E-state index in [1.165, 1.54) is 0 Å². The van der Waals surface area contributed by atoms with Crippen molar-refractivity contribution in [3.05, 3.63) is 10.3 Å². The molecule has 0 aromatic carbocycles. The van der Waals surface area contributed by atoms with Gasteiger partial charge in [-0.15, -0.1) is 0 Å². The molecular weight excluding hydrogens is 323 g/mol. The van der Waals surface area contributed by atoms with Gasteiger partial charge in [0.05, 0.1) is 13.2 Å². The van der Waals surface area contributed by atoms with E-state index in [1.54, 1.807) is 13.8 Å². The van der Waals surface area contributed by atoms with Crippen LogP contribution in [-0.2, 0) is 27.6 Å². The van der Waals surface area contributed by atoms with Crippen LogP contribution in [0.2, 0.25) is 19.6 Å². The lowest BCUT2D eigenvalue weighted by Gasteiger charge is -2.26. The normalized spacial score (nSPS) is 20.5. The van der Waals surface area contributed by atoms with Gasteiger partial charge < -0.3 is 18.2 Å². The van der Waals surface area contributed by atoms with Gasteiger partial charge in [0.1, 0.15) is 10.3 Å². The zero-order valence-corrected chi connectivity index (χ0v) is 14.9. The summed E-state index contributed by atoms with van der Waals surface area (Å²) in [7, 11) is -5.75. The number of rotatable bonds is 7. The summed E-state index contributed by atoms with van der Waals surface area (Å²) in [5, 5.41) is -0.311. The fraction of sp³-hybridized carbons (Fsp3) is 0.727. The standard InChI is InChI=1S/C11H20ClO6PSi/c1-6-15-19(14,16-7-2)9-8(12)10(13)17-11(9)18-20(3,4)5/h11H,6-7H2,1-5H3. The van der Waals surface area contributed by atoms with Gasteiger partial charge in [-0.2, -0.15) is 0 Å². The number of hydrogen-bond acceptors (Lipinski definition) is 6. The van der Waals surface area contributed by atoms with Gasteiger partial charge in [0.15, 0.2) is 8.32 Å². The minimum atomic E-state index is -3.70. The highest BCUT2D eigenvalue weighted by molar-refractivity contribution is 7.58. The number of ether oxygens (including phenoxy) is 1. The van der Waals surface area contributed by atoms with Gasteiger partial charge in [-0.3, -0.25) is 4.57 Å². The predicted molar refractivity (Wildman–Crippen MR) is 78.0 cm³/mol. The van der Waals surface area contributed by atoms with Crippen LogP contribution >= 0.6 is 19.2 Å². The Hall–Kier alpha value is -0.173. The van der Waals surface area contributed by atoms with Crippen LogP contribution in [0.25, 0.3) is 0 Å². The second kappa shape index (κ2) is 6.73. The Morgan fingerprint density at radius 2 is 1.75 bits per heavy atom. The maximum absolute atomic E-state index is 12.8. The van der Waals surface area contributed by atoms with E-state index < -0.39 is 28.2 Å². The first kappa shape index (κ1) is 17.9. The molecule has 1 heterocycles.